The number of fused-ring (bicyclic) bond motifs is 1. The van der Waals surface area contributed by atoms with Crippen LogP contribution >= 0.6 is 23.4 Å². The first-order chi connectivity index (χ1) is 21.8. The number of benzene rings is 1. The van der Waals surface area contributed by atoms with Crippen molar-refractivity contribution in [1.29, 1.82) is 0 Å². The molecule has 3 aliphatic rings. The second kappa shape index (κ2) is 15.9. The van der Waals surface area contributed by atoms with Gasteiger partial charge in [-0.25, -0.2) is 14.8 Å². The summed E-state index contributed by atoms with van der Waals surface area (Å²) in [5, 5.41) is 9.86. The normalized spacial score (nSPS) is 16.7. The molecule has 0 unspecified atom stereocenters. The Hall–Kier alpha value is -3.12. The van der Waals surface area contributed by atoms with Gasteiger partial charge in [-0.15, -0.1) is 0 Å². The van der Waals surface area contributed by atoms with Gasteiger partial charge in [-0.05, 0) is 87.9 Å². The predicted octanol–water partition coefficient (Wildman–Crippen LogP) is 6.60. The maximum absolute atomic E-state index is 11.3. The van der Waals surface area contributed by atoms with Crippen molar-refractivity contribution in [2.45, 2.75) is 57.6 Å². The average molecular weight is 656 g/mol. The topological polar surface area (TPSA) is 116 Å². The lowest BCUT2D eigenvalue weighted by atomic mass is 9.93. The molecule has 242 valence electrons. The molecule has 0 spiro atoms. The van der Waals surface area contributed by atoms with E-state index in [1.807, 2.05) is 30.2 Å². The molecule has 7 rings (SSSR count). The fourth-order valence-electron chi connectivity index (χ4n) is 5.28. The summed E-state index contributed by atoms with van der Waals surface area (Å²) in [7, 11) is 1.95. The molecule has 1 aromatic carbocycles. The van der Waals surface area contributed by atoms with Crippen LogP contribution in [0.1, 0.15) is 71.5 Å². The van der Waals surface area contributed by atoms with E-state index in [9.17, 15) is 9.90 Å². The molecule has 1 aliphatic carbocycles. The first-order valence-corrected chi connectivity index (χ1v) is 17.5. The van der Waals surface area contributed by atoms with E-state index in [0.717, 1.165) is 80.4 Å². The maximum atomic E-state index is 11.3. The Morgan fingerprint density at radius 2 is 1.82 bits per heavy atom. The monoisotopic (exact) mass is 655 g/mol. The van der Waals surface area contributed by atoms with E-state index in [1.54, 1.807) is 42.4 Å². The number of carbonyl (C=O) groups is 1. The molecule has 10 nitrogen and oxygen atoms in total. The van der Waals surface area contributed by atoms with Crippen molar-refractivity contribution in [1.82, 2.24) is 24.4 Å². The Kier molecular flexibility index (Phi) is 11.8. The molecule has 4 aromatic rings. The Morgan fingerprint density at radius 3 is 2.44 bits per heavy atom. The Bertz CT molecular complexity index is 1560. The third-order valence-corrected chi connectivity index (χ3v) is 8.44. The molecule has 3 aromatic heterocycles. The maximum Gasteiger partial charge on any atom is 0.335 e. The van der Waals surface area contributed by atoms with Gasteiger partial charge in [-0.1, -0.05) is 11.6 Å². The van der Waals surface area contributed by atoms with Gasteiger partial charge in [-0.3, -0.25) is 9.88 Å². The van der Waals surface area contributed by atoms with Crippen LogP contribution in [0.15, 0.2) is 41.1 Å². The van der Waals surface area contributed by atoms with Crippen LogP contribution in [0.5, 0.6) is 5.75 Å². The predicted molar refractivity (Wildman–Crippen MR) is 176 cm³/mol. The highest BCUT2D eigenvalue weighted by Gasteiger charge is 2.26. The van der Waals surface area contributed by atoms with Gasteiger partial charge in [0, 0.05) is 38.3 Å². The number of aryl methyl sites for hydroxylation is 1. The molecule has 45 heavy (non-hydrogen) atoms. The van der Waals surface area contributed by atoms with Crippen LogP contribution in [0, 0.1) is 5.92 Å². The number of ether oxygens (including phenoxy) is 2. The van der Waals surface area contributed by atoms with Crippen LogP contribution in [0.25, 0.3) is 11.0 Å². The first kappa shape index (κ1) is 33.2. The lowest BCUT2D eigenvalue weighted by molar-refractivity contribution is 0.0367. The van der Waals surface area contributed by atoms with Crippen molar-refractivity contribution in [3.63, 3.8) is 0 Å². The number of hydrogen-bond acceptors (Lipinski definition) is 9. The van der Waals surface area contributed by atoms with E-state index >= 15 is 0 Å². The SMILES string of the molecule is C1COC1.CSC.Cn1c(CN2CCC(Cc3cnc(COc4cnc(C5CC5)cc4Cl)o3)CC2)nc2ccc(C(=O)O)cc21. The number of thioether (sulfide) groups is 1. The molecule has 12 heteroatoms. The third kappa shape index (κ3) is 9.22. The summed E-state index contributed by atoms with van der Waals surface area (Å²) in [5.74, 6) is 3.05. The van der Waals surface area contributed by atoms with Gasteiger partial charge in [0.2, 0.25) is 5.89 Å². The van der Waals surface area contributed by atoms with Crippen LogP contribution < -0.4 is 4.74 Å². The van der Waals surface area contributed by atoms with Gasteiger partial charge in [0.05, 0.1) is 40.6 Å². The van der Waals surface area contributed by atoms with Crippen LogP contribution in [0.3, 0.4) is 0 Å². The van der Waals surface area contributed by atoms with E-state index in [-0.39, 0.29) is 12.2 Å². The second-order valence-electron chi connectivity index (χ2n) is 11.7. The van der Waals surface area contributed by atoms with Crippen LogP contribution in [-0.2, 0) is 31.4 Å². The number of pyridine rings is 1. The number of rotatable bonds is 9. The Balaban J connectivity index is 0.000000514. The number of hydrogen-bond donors (Lipinski definition) is 1. The number of carboxylic acid groups (broad SMARTS) is 1. The van der Waals surface area contributed by atoms with Gasteiger partial charge in [0.15, 0.2) is 12.4 Å². The molecule has 2 saturated heterocycles. The summed E-state index contributed by atoms with van der Waals surface area (Å²) in [5.41, 5.74) is 2.97. The van der Waals surface area contributed by atoms with Crippen molar-refractivity contribution in [3.8, 4) is 5.75 Å². The highest BCUT2D eigenvalue weighted by atomic mass is 35.5. The lowest BCUT2D eigenvalue weighted by Gasteiger charge is -2.31. The number of likely N-dealkylation sites (tertiary alicyclic amines) is 1. The third-order valence-electron chi connectivity index (χ3n) is 8.15. The molecular weight excluding hydrogens is 614 g/mol. The second-order valence-corrected chi connectivity index (χ2v) is 12.9. The average Bonchev–Trinajstić information content (AvgIpc) is 3.68. The largest absolute Gasteiger partial charge is 0.481 e. The first-order valence-electron chi connectivity index (χ1n) is 15.4. The zero-order chi connectivity index (χ0) is 31.8. The molecule has 5 heterocycles. The number of carboxylic acids is 1. The summed E-state index contributed by atoms with van der Waals surface area (Å²) in [6, 6.07) is 6.97. The summed E-state index contributed by atoms with van der Waals surface area (Å²) >= 11 is 8.11. The minimum Gasteiger partial charge on any atom is -0.481 e. The summed E-state index contributed by atoms with van der Waals surface area (Å²) < 4.78 is 18.5. The number of imidazole rings is 1. The summed E-state index contributed by atoms with van der Waals surface area (Å²) in [6.07, 6.45) is 14.2. The van der Waals surface area contributed by atoms with Crippen molar-refractivity contribution < 1.29 is 23.8 Å². The number of oxazole rings is 1. The molecule has 3 fully saturated rings. The van der Waals surface area contributed by atoms with Crippen LogP contribution in [-0.4, -0.2) is 74.3 Å². The quantitative estimate of drug-likeness (QED) is 0.211. The van der Waals surface area contributed by atoms with E-state index in [1.165, 1.54) is 19.3 Å². The summed E-state index contributed by atoms with van der Waals surface area (Å²) in [6.45, 7) is 4.90. The molecule has 0 atom stereocenters. The zero-order valence-corrected chi connectivity index (χ0v) is 27.8. The van der Waals surface area contributed by atoms with Gasteiger partial charge >= 0.3 is 5.97 Å². The highest BCUT2D eigenvalue weighted by Crippen LogP contribution is 2.41. The van der Waals surface area contributed by atoms with Crippen LogP contribution in [0.2, 0.25) is 5.02 Å². The van der Waals surface area contributed by atoms with E-state index in [4.69, 9.17) is 30.5 Å². The van der Waals surface area contributed by atoms with Crippen molar-refractivity contribution in [3.05, 3.63) is 70.4 Å². The van der Waals surface area contributed by atoms with Crippen molar-refractivity contribution in [2.24, 2.45) is 13.0 Å². The number of aromatic carboxylic acids is 1. The number of piperidine rings is 1. The zero-order valence-electron chi connectivity index (χ0n) is 26.2. The number of nitrogens with zero attached hydrogens (tertiary/aromatic N) is 5. The minimum absolute atomic E-state index is 0.217. The van der Waals surface area contributed by atoms with Crippen LogP contribution in [0.4, 0.5) is 0 Å². The molecule has 1 saturated carbocycles. The van der Waals surface area contributed by atoms with Crippen molar-refractivity contribution >= 4 is 40.4 Å². The molecule has 2 aliphatic heterocycles. The van der Waals surface area contributed by atoms with E-state index in [0.29, 0.717) is 28.5 Å². The molecule has 0 bridgehead atoms. The standard InChI is InChI=1S/C28H30ClN5O4.C3H6O.C2H6S/c1-33-24-11-19(28(35)36)4-5-22(24)32-26(33)15-34-8-6-17(7-9-34)10-20-13-31-27(38-20)16-37-25-14-30-23(12-21(25)29)18-2-3-18;1-2-4-3-1;1-3-2/h4-5,11-14,17-18H,2-3,6-10,15-16H2,1H3,(H,35,36);1-3H2;1-2H3. The number of halogens is 1. The molecule has 0 radical (unpaired) electrons. The van der Waals surface area contributed by atoms with Gasteiger partial charge in [0.25, 0.3) is 0 Å². The smallest absolute Gasteiger partial charge is 0.335 e. The van der Waals surface area contributed by atoms with E-state index in [2.05, 4.69) is 14.9 Å². The van der Waals surface area contributed by atoms with Gasteiger partial charge < -0.3 is 23.6 Å². The number of aromatic nitrogens is 4. The van der Waals surface area contributed by atoms with Gasteiger partial charge in [-0.2, -0.15) is 11.8 Å². The van der Waals surface area contributed by atoms with Crippen molar-refractivity contribution in [2.75, 3.05) is 38.8 Å². The lowest BCUT2D eigenvalue weighted by Crippen LogP contribution is -2.34. The Labute approximate surface area is 273 Å². The Morgan fingerprint density at radius 1 is 1.11 bits per heavy atom. The minimum atomic E-state index is -0.928. The van der Waals surface area contributed by atoms with E-state index < -0.39 is 5.97 Å². The summed E-state index contributed by atoms with van der Waals surface area (Å²) in [4.78, 5) is 27.3. The molecule has 1 N–H and O–H groups in total. The van der Waals surface area contributed by atoms with Gasteiger partial charge in [0.1, 0.15) is 11.6 Å². The molecular formula is C33H42ClN5O5S. The molecule has 0 amide bonds. The fourth-order valence-corrected chi connectivity index (χ4v) is 5.50. The highest BCUT2D eigenvalue weighted by molar-refractivity contribution is 7.97. The fraction of sp³-hybridized carbons (Fsp3) is 0.515.